The van der Waals surface area contributed by atoms with Gasteiger partial charge in [-0.3, -0.25) is 5.32 Å². The molecule has 34 heavy (non-hydrogen) atoms. The molecule has 1 fully saturated rings. The molecule has 4 N–H and O–H groups in total. The van der Waals surface area contributed by atoms with Gasteiger partial charge in [0, 0.05) is 47.2 Å². The van der Waals surface area contributed by atoms with E-state index in [1.165, 1.54) is 13.3 Å². The third-order valence-electron chi connectivity index (χ3n) is 5.88. The number of rotatable bonds is 5. The highest BCUT2D eigenvalue weighted by Gasteiger charge is 2.36. The maximum Gasteiger partial charge on any atom is 0.419 e. The van der Waals surface area contributed by atoms with Gasteiger partial charge in [0.2, 0.25) is 5.95 Å². The van der Waals surface area contributed by atoms with Gasteiger partial charge in [-0.2, -0.15) is 13.2 Å². The molecule has 1 amide bonds. The second-order valence-corrected chi connectivity index (χ2v) is 8.56. The first-order valence-electron chi connectivity index (χ1n) is 11.1. The van der Waals surface area contributed by atoms with Gasteiger partial charge in [-0.15, -0.1) is 0 Å². The van der Waals surface area contributed by atoms with Crippen LogP contribution in [0.4, 0.5) is 29.6 Å². The summed E-state index contributed by atoms with van der Waals surface area (Å²) in [6.07, 6.45) is -1.06. The molecule has 1 aliphatic heterocycles. The summed E-state index contributed by atoms with van der Waals surface area (Å²) >= 11 is 0. The van der Waals surface area contributed by atoms with Crippen LogP contribution < -0.4 is 16.0 Å². The first-order valence-corrected chi connectivity index (χ1v) is 11.1. The Morgan fingerprint density at radius 2 is 2.09 bits per heavy atom. The zero-order valence-corrected chi connectivity index (χ0v) is 19.1. The number of piperidine rings is 1. The van der Waals surface area contributed by atoms with Crippen molar-refractivity contribution in [3.8, 4) is 11.3 Å². The number of carbonyl (C=O) groups excluding carboxylic acids is 1. The zero-order valence-electron chi connectivity index (χ0n) is 19.1. The quantitative estimate of drug-likeness (QED) is 0.408. The van der Waals surface area contributed by atoms with E-state index in [1.807, 2.05) is 13.8 Å². The van der Waals surface area contributed by atoms with E-state index in [2.05, 4.69) is 30.9 Å². The molecule has 1 aliphatic rings. The lowest BCUT2D eigenvalue weighted by Gasteiger charge is -2.24. The maximum absolute atomic E-state index is 13.9. The maximum atomic E-state index is 13.9. The lowest BCUT2D eigenvalue weighted by Crippen LogP contribution is -2.38. The molecular formula is C23H27F3N6O2. The first kappa shape index (κ1) is 23.8. The number of ether oxygens (including phenoxy) is 1. The zero-order chi connectivity index (χ0) is 24.5. The van der Waals surface area contributed by atoms with Gasteiger partial charge in [-0.05, 0) is 31.4 Å². The van der Waals surface area contributed by atoms with Crippen LogP contribution in [0.3, 0.4) is 0 Å². The second kappa shape index (κ2) is 9.49. The van der Waals surface area contributed by atoms with E-state index >= 15 is 0 Å². The fourth-order valence-corrected chi connectivity index (χ4v) is 4.31. The van der Waals surface area contributed by atoms with E-state index in [0.717, 1.165) is 31.1 Å². The number of anilines is 2. The number of hydrogen-bond donors (Lipinski definition) is 4. The van der Waals surface area contributed by atoms with E-state index in [4.69, 9.17) is 4.74 Å². The van der Waals surface area contributed by atoms with Crippen LogP contribution in [0.15, 0.2) is 24.5 Å². The lowest BCUT2D eigenvalue weighted by atomic mass is 9.96. The highest BCUT2D eigenvalue weighted by Crippen LogP contribution is 2.41. The van der Waals surface area contributed by atoms with E-state index in [1.54, 1.807) is 12.1 Å². The number of fused-ring (bicyclic) bond motifs is 1. The van der Waals surface area contributed by atoms with Crippen molar-refractivity contribution in [3.63, 3.8) is 0 Å². The minimum Gasteiger partial charge on any atom is -0.453 e. The minimum atomic E-state index is -4.63. The summed E-state index contributed by atoms with van der Waals surface area (Å²) in [5, 5.41) is 9.64. The number of nitrogens with zero attached hydrogens (tertiary/aromatic N) is 2. The standard InChI is InChI=1S/C23H27F3N6O2/c1-12(2)18-17(31-22(33)34-3)7-6-14-15(10-28-20(14)18)19-16(23(24,25)26)11-29-21(32-19)30-13-5-4-8-27-9-13/h6-7,10-13,27-28H,4-5,8-9H2,1-3H3,(H,31,33)(H,29,30,32)/t13-/m0/s1. The highest BCUT2D eigenvalue weighted by atomic mass is 19.4. The summed E-state index contributed by atoms with van der Waals surface area (Å²) in [4.78, 5) is 23.1. The number of halogens is 3. The molecule has 0 bridgehead atoms. The van der Waals surface area contributed by atoms with Crippen molar-refractivity contribution in [2.75, 3.05) is 30.8 Å². The van der Waals surface area contributed by atoms with Gasteiger partial charge in [-0.1, -0.05) is 19.9 Å². The van der Waals surface area contributed by atoms with Crippen LogP contribution in [0, 0.1) is 0 Å². The molecule has 0 aliphatic carbocycles. The number of aromatic amines is 1. The van der Waals surface area contributed by atoms with Crippen LogP contribution in [0.5, 0.6) is 0 Å². The monoisotopic (exact) mass is 476 g/mol. The Bertz CT molecular complexity index is 1190. The van der Waals surface area contributed by atoms with Gasteiger partial charge < -0.3 is 20.4 Å². The fourth-order valence-electron chi connectivity index (χ4n) is 4.31. The van der Waals surface area contributed by atoms with E-state index in [-0.39, 0.29) is 23.6 Å². The number of benzene rings is 1. The summed E-state index contributed by atoms with van der Waals surface area (Å²) in [6.45, 7) is 5.48. The Hall–Kier alpha value is -3.34. The average molecular weight is 477 g/mol. The van der Waals surface area contributed by atoms with Crippen molar-refractivity contribution in [1.82, 2.24) is 20.3 Å². The Labute approximate surface area is 194 Å². The average Bonchev–Trinajstić information content (AvgIpc) is 3.22. The predicted molar refractivity (Wildman–Crippen MR) is 124 cm³/mol. The molecule has 0 spiro atoms. The number of amides is 1. The van der Waals surface area contributed by atoms with E-state index in [0.29, 0.717) is 28.7 Å². The normalized spacial score (nSPS) is 16.6. The lowest BCUT2D eigenvalue weighted by molar-refractivity contribution is -0.137. The number of methoxy groups -OCH3 is 1. The van der Waals surface area contributed by atoms with Crippen LogP contribution in [0.25, 0.3) is 22.2 Å². The molecule has 1 atom stereocenters. The predicted octanol–water partition coefficient (Wildman–Crippen LogP) is 5.11. The third kappa shape index (κ3) is 4.79. The number of aromatic nitrogens is 3. The number of carbonyl (C=O) groups is 1. The Kier molecular flexibility index (Phi) is 6.65. The topological polar surface area (TPSA) is 104 Å². The SMILES string of the molecule is COC(=O)Nc1ccc2c(-c3nc(N[C@H]4CCCNC4)ncc3C(F)(F)F)c[nH]c2c1C(C)C. The van der Waals surface area contributed by atoms with Crippen molar-refractivity contribution in [2.45, 2.75) is 44.8 Å². The Morgan fingerprint density at radius 3 is 2.74 bits per heavy atom. The molecule has 2 aromatic heterocycles. The van der Waals surface area contributed by atoms with Crippen molar-refractivity contribution in [3.05, 3.63) is 35.7 Å². The van der Waals surface area contributed by atoms with Gasteiger partial charge in [0.05, 0.1) is 18.3 Å². The van der Waals surface area contributed by atoms with Crippen molar-refractivity contribution < 1.29 is 22.7 Å². The van der Waals surface area contributed by atoms with Crippen molar-refractivity contribution >= 4 is 28.6 Å². The largest absolute Gasteiger partial charge is 0.453 e. The molecule has 0 unspecified atom stereocenters. The summed E-state index contributed by atoms with van der Waals surface area (Å²) in [6, 6.07) is 3.37. The molecule has 1 saturated heterocycles. The van der Waals surface area contributed by atoms with Crippen LogP contribution >= 0.6 is 0 Å². The smallest absolute Gasteiger partial charge is 0.419 e. The third-order valence-corrected chi connectivity index (χ3v) is 5.88. The molecule has 11 heteroatoms. The summed E-state index contributed by atoms with van der Waals surface area (Å²) in [7, 11) is 1.26. The summed E-state index contributed by atoms with van der Waals surface area (Å²) in [5.74, 6) is 0.116. The fraction of sp³-hybridized carbons (Fsp3) is 0.435. The summed E-state index contributed by atoms with van der Waals surface area (Å²) < 4.78 is 46.4. The van der Waals surface area contributed by atoms with E-state index < -0.39 is 17.8 Å². The molecule has 3 aromatic rings. The van der Waals surface area contributed by atoms with Gasteiger partial charge in [0.25, 0.3) is 0 Å². The molecule has 8 nitrogen and oxygen atoms in total. The molecule has 1 aromatic carbocycles. The molecule has 4 rings (SSSR count). The Morgan fingerprint density at radius 1 is 1.29 bits per heavy atom. The number of nitrogens with one attached hydrogen (secondary N) is 4. The Balaban J connectivity index is 1.82. The van der Waals surface area contributed by atoms with Gasteiger partial charge in [0.15, 0.2) is 0 Å². The van der Waals surface area contributed by atoms with Gasteiger partial charge >= 0.3 is 12.3 Å². The molecular weight excluding hydrogens is 449 g/mol. The van der Waals surface area contributed by atoms with Crippen molar-refractivity contribution in [1.29, 1.82) is 0 Å². The summed E-state index contributed by atoms with van der Waals surface area (Å²) in [5.41, 5.74) is 1.08. The highest BCUT2D eigenvalue weighted by molar-refractivity contribution is 6.01. The number of H-pyrrole nitrogens is 1. The molecule has 182 valence electrons. The van der Waals surface area contributed by atoms with Gasteiger partial charge in [0.1, 0.15) is 5.56 Å². The molecule has 0 saturated carbocycles. The molecule has 3 heterocycles. The minimum absolute atomic E-state index is 0.0362. The van der Waals surface area contributed by atoms with Crippen LogP contribution in [-0.2, 0) is 10.9 Å². The van der Waals surface area contributed by atoms with Crippen LogP contribution in [0.1, 0.15) is 43.7 Å². The molecule has 0 radical (unpaired) electrons. The second-order valence-electron chi connectivity index (χ2n) is 8.56. The number of alkyl halides is 3. The van der Waals surface area contributed by atoms with Crippen LogP contribution in [0.2, 0.25) is 0 Å². The van der Waals surface area contributed by atoms with Crippen molar-refractivity contribution in [2.24, 2.45) is 0 Å². The van der Waals surface area contributed by atoms with Gasteiger partial charge in [-0.25, -0.2) is 14.8 Å². The first-order chi connectivity index (χ1) is 16.2. The van der Waals surface area contributed by atoms with E-state index in [9.17, 15) is 18.0 Å². The number of hydrogen-bond acceptors (Lipinski definition) is 6. The van der Waals surface area contributed by atoms with Crippen LogP contribution in [-0.4, -0.2) is 47.3 Å².